The number of thiol groups is 1. The van der Waals surface area contributed by atoms with Gasteiger partial charge in [0.1, 0.15) is 5.82 Å². The van der Waals surface area contributed by atoms with Crippen LogP contribution in [0.5, 0.6) is 0 Å². The molecular formula is C8H8ClFS. The first-order valence-electron chi connectivity index (χ1n) is 3.23. The Hall–Kier alpha value is -0.210. The highest BCUT2D eigenvalue weighted by Crippen LogP contribution is 2.23. The molecule has 0 bridgehead atoms. The molecule has 0 saturated heterocycles. The van der Waals surface area contributed by atoms with Gasteiger partial charge in [0.25, 0.3) is 0 Å². The standard InChI is InChI=1S/C8H8ClFS/c1-5(11)6-2-7(9)4-8(10)3-6/h2-5,11H,1H3. The van der Waals surface area contributed by atoms with Crippen molar-refractivity contribution < 1.29 is 4.39 Å². The van der Waals surface area contributed by atoms with Gasteiger partial charge in [-0.3, -0.25) is 0 Å². The average Bonchev–Trinajstić information content (AvgIpc) is 1.85. The highest BCUT2D eigenvalue weighted by Gasteiger charge is 2.02. The summed E-state index contributed by atoms with van der Waals surface area (Å²) in [4.78, 5) is 0. The summed E-state index contributed by atoms with van der Waals surface area (Å²) in [6.45, 7) is 1.87. The molecule has 0 N–H and O–H groups in total. The van der Waals surface area contributed by atoms with Gasteiger partial charge in [0.2, 0.25) is 0 Å². The zero-order chi connectivity index (χ0) is 8.43. The quantitative estimate of drug-likeness (QED) is 0.645. The molecule has 1 rings (SSSR count). The van der Waals surface area contributed by atoms with E-state index in [9.17, 15) is 4.39 Å². The maximum Gasteiger partial charge on any atom is 0.125 e. The van der Waals surface area contributed by atoms with Crippen LogP contribution in [0, 0.1) is 5.82 Å². The molecule has 0 radical (unpaired) electrons. The fraction of sp³-hybridized carbons (Fsp3) is 0.250. The Kier molecular flexibility index (Phi) is 2.79. The molecule has 0 aliphatic carbocycles. The number of benzene rings is 1. The molecule has 3 heteroatoms. The third-order valence-corrected chi connectivity index (χ3v) is 1.88. The van der Waals surface area contributed by atoms with E-state index in [-0.39, 0.29) is 11.1 Å². The molecule has 1 atom stereocenters. The Labute approximate surface area is 75.8 Å². The van der Waals surface area contributed by atoms with Crippen LogP contribution in [0.4, 0.5) is 4.39 Å². The van der Waals surface area contributed by atoms with Crippen LogP contribution in [0.15, 0.2) is 18.2 Å². The smallest absolute Gasteiger partial charge is 0.125 e. The van der Waals surface area contributed by atoms with E-state index < -0.39 is 0 Å². The number of hydrogen-bond acceptors (Lipinski definition) is 1. The first-order chi connectivity index (χ1) is 5.09. The first kappa shape index (κ1) is 8.88. The lowest BCUT2D eigenvalue weighted by Gasteiger charge is -2.04. The lowest BCUT2D eigenvalue weighted by atomic mass is 10.2. The van der Waals surface area contributed by atoms with Crippen molar-refractivity contribution in [3.63, 3.8) is 0 Å². The minimum Gasteiger partial charge on any atom is -0.207 e. The molecule has 1 aromatic carbocycles. The fourth-order valence-corrected chi connectivity index (χ4v) is 1.20. The molecule has 0 fully saturated rings. The van der Waals surface area contributed by atoms with E-state index in [0.29, 0.717) is 5.02 Å². The van der Waals surface area contributed by atoms with E-state index in [0.717, 1.165) is 5.56 Å². The maximum absolute atomic E-state index is 12.7. The van der Waals surface area contributed by atoms with Gasteiger partial charge in [-0.25, -0.2) is 4.39 Å². The second-order valence-electron chi connectivity index (χ2n) is 2.38. The van der Waals surface area contributed by atoms with E-state index in [1.54, 1.807) is 6.07 Å². The minimum atomic E-state index is -0.312. The van der Waals surface area contributed by atoms with Crippen molar-refractivity contribution in [2.45, 2.75) is 12.2 Å². The van der Waals surface area contributed by atoms with E-state index >= 15 is 0 Å². The summed E-state index contributed by atoms with van der Waals surface area (Å²) in [6.07, 6.45) is 0. The van der Waals surface area contributed by atoms with Crippen molar-refractivity contribution >= 4 is 24.2 Å². The Morgan fingerprint density at radius 2 is 2.09 bits per heavy atom. The van der Waals surface area contributed by atoms with Gasteiger partial charge in [-0.1, -0.05) is 11.6 Å². The number of rotatable bonds is 1. The third-order valence-electron chi connectivity index (χ3n) is 1.37. The zero-order valence-corrected chi connectivity index (χ0v) is 7.66. The fourth-order valence-electron chi connectivity index (χ4n) is 0.816. The molecule has 0 saturated carbocycles. The van der Waals surface area contributed by atoms with Gasteiger partial charge in [0, 0.05) is 10.3 Å². The summed E-state index contributed by atoms with van der Waals surface area (Å²) in [5, 5.41) is 0.434. The molecule has 0 aromatic heterocycles. The molecule has 0 heterocycles. The topological polar surface area (TPSA) is 0 Å². The molecule has 0 nitrogen and oxygen atoms in total. The summed E-state index contributed by atoms with van der Waals surface area (Å²) < 4.78 is 12.7. The minimum absolute atomic E-state index is 0.0169. The SMILES string of the molecule is CC(S)c1cc(F)cc(Cl)c1. The van der Waals surface area contributed by atoms with Crippen LogP contribution in [-0.2, 0) is 0 Å². The van der Waals surface area contributed by atoms with Gasteiger partial charge in [0.05, 0.1) is 0 Å². The summed E-state index contributed by atoms with van der Waals surface area (Å²) in [7, 11) is 0. The van der Waals surface area contributed by atoms with Crippen LogP contribution < -0.4 is 0 Å². The van der Waals surface area contributed by atoms with Crippen LogP contribution in [0.25, 0.3) is 0 Å². The van der Waals surface area contributed by atoms with Gasteiger partial charge in [-0.2, -0.15) is 12.6 Å². The van der Waals surface area contributed by atoms with E-state index in [1.165, 1.54) is 12.1 Å². The Morgan fingerprint density at radius 1 is 1.45 bits per heavy atom. The number of halogens is 2. The van der Waals surface area contributed by atoms with Gasteiger partial charge >= 0.3 is 0 Å². The van der Waals surface area contributed by atoms with Crippen LogP contribution in [-0.4, -0.2) is 0 Å². The monoisotopic (exact) mass is 190 g/mol. The third kappa shape index (κ3) is 2.38. The predicted octanol–water partition coefficient (Wildman–Crippen LogP) is 3.47. The van der Waals surface area contributed by atoms with Gasteiger partial charge in [0.15, 0.2) is 0 Å². The van der Waals surface area contributed by atoms with Crippen LogP contribution in [0.1, 0.15) is 17.7 Å². The molecule has 1 aromatic rings. The van der Waals surface area contributed by atoms with Crippen molar-refractivity contribution in [1.29, 1.82) is 0 Å². The second kappa shape index (κ2) is 3.46. The Balaban J connectivity index is 3.08. The molecular weight excluding hydrogens is 183 g/mol. The van der Waals surface area contributed by atoms with Gasteiger partial charge in [-0.15, -0.1) is 0 Å². The highest BCUT2D eigenvalue weighted by atomic mass is 35.5. The molecule has 1 unspecified atom stereocenters. The average molecular weight is 191 g/mol. The molecule has 0 amide bonds. The molecule has 0 spiro atoms. The predicted molar refractivity (Wildman–Crippen MR) is 48.8 cm³/mol. The van der Waals surface area contributed by atoms with E-state index in [1.807, 2.05) is 6.92 Å². The van der Waals surface area contributed by atoms with Crippen LogP contribution >= 0.6 is 24.2 Å². The van der Waals surface area contributed by atoms with Crippen LogP contribution in [0.3, 0.4) is 0 Å². The normalized spacial score (nSPS) is 13.1. The van der Waals surface area contributed by atoms with Crippen molar-refractivity contribution in [2.24, 2.45) is 0 Å². The summed E-state index contributed by atoms with van der Waals surface area (Å²) in [5.74, 6) is -0.312. The Bertz CT molecular complexity index is 240. The molecule has 11 heavy (non-hydrogen) atoms. The lowest BCUT2D eigenvalue weighted by Crippen LogP contribution is -1.85. The highest BCUT2D eigenvalue weighted by molar-refractivity contribution is 7.80. The summed E-state index contributed by atoms with van der Waals surface area (Å²) in [5.41, 5.74) is 0.804. The van der Waals surface area contributed by atoms with Crippen LogP contribution in [0.2, 0.25) is 5.02 Å². The lowest BCUT2D eigenvalue weighted by molar-refractivity contribution is 0.625. The van der Waals surface area contributed by atoms with E-state index in [2.05, 4.69) is 12.6 Å². The van der Waals surface area contributed by atoms with Gasteiger partial charge in [-0.05, 0) is 30.7 Å². The van der Waals surface area contributed by atoms with Crippen molar-refractivity contribution in [3.05, 3.63) is 34.6 Å². The maximum atomic E-state index is 12.7. The second-order valence-corrected chi connectivity index (χ2v) is 3.59. The van der Waals surface area contributed by atoms with Crippen molar-refractivity contribution in [1.82, 2.24) is 0 Å². The van der Waals surface area contributed by atoms with Crippen molar-refractivity contribution in [3.8, 4) is 0 Å². The molecule has 60 valence electrons. The zero-order valence-electron chi connectivity index (χ0n) is 6.01. The first-order valence-corrected chi connectivity index (χ1v) is 4.13. The molecule has 0 aliphatic heterocycles. The van der Waals surface area contributed by atoms with Gasteiger partial charge < -0.3 is 0 Å². The van der Waals surface area contributed by atoms with E-state index in [4.69, 9.17) is 11.6 Å². The van der Waals surface area contributed by atoms with Crippen molar-refractivity contribution in [2.75, 3.05) is 0 Å². The number of hydrogen-bond donors (Lipinski definition) is 1. The Morgan fingerprint density at radius 3 is 2.55 bits per heavy atom. The largest absolute Gasteiger partial charge is 0.207 e. The summed E-state index contributed by atoms with van der Waals surface area (Å²) >= 11 is 9.78. The summed E-state index contributed by atoms with van der Waals surface area (Å²) in [6, 6.07) is 4.42. The molecule has 0 aliphatic rings.